The fourth-order valence-corrected chi connectivity index (χ4v) is 4.67. The summed E-state index contributed by atoms with van der Waals surface area (Å²) in [5, 5.41) is 5.75. The van der Waals surface area contributed by atoms with Gasteiger partial charge in [-0.2, -0.15) is 11.8 Å². The molecule has 2 unspecified atom stereocenters. The van der Waals surface area contributed by atoms with E-state index in [2.05, 4.69) is 17.6 Å². The highest BCUT2D eigenvalue weighted by Gasteiger charge is 2.41. The van der Waals surface area contributed by atoms with E-state index in [1.165, 1.54) is 0 Å². The third-order valence-corrected chi connectivity index (χ3v) is 6.77. The average Bonchev–Trinajstić information content (AvgIpc) is 2.88. The maximum absolute atomic E-state index is 14.3. The molecule has 0 saturated heterocycles. The molecule has 40 heavy (non-hydrogen) atoms. The second-order valence-corrected chi connectivity index (χ2v) is 12.6. The van der Waals surface area contributed by atoms with Crippen LogP contribution in [0.5, 0.6) is 5.75 Å². The Balaban J connectivity index is 2.56. The summed E-state index contributed by atoms with van der Waals surface area (Å²) in [4.78, 5) is 42.7. The molecule has 0 radical (unpaired) electrons. The van der Waals surface area contributed by atoms with E-state index in [0.717, 1.165) is 12.0 Å². The number of amides is 3. The topological polar surface area (TPSA) is 97.0 Å². The number of rotatable bonds is 11. The number of anilines is 1. The largest absolute Gasteiger partial charge is 0.497 e. The maximum atomic E-state index is 14.3. The quantitative estimate of drug-likeness (QED) is 0.333. The van der Waals surface area contributed by atoms with E-state index >= 15 is 0 Å². The predicted molar refractivity (Wildman–Crippen MR) is 163 cm³/mol. The Kier molecular flexibility index (Phi) is 11.9. The molecule has 0 heterocycles. The van der Waals surface area contributed by atoms with Crippen LogP contribution < -0.4 is 15.4 Å². The number of nitrogens with zero attached hydrogens (tertiary/aromatic N) is 1. The number of thioether (sulfide) groups is 1. The number of methoxy groups -OCH3 is 1. The van der Waals surface area contributed by atoms with Crippen molar-refractivity contribution in [3.63, 3.8) is 0 Å². The van der Waals surface area contributed by atoms with Crippen molar-refractivity contribution in [1.82, 2.24) is 10.2 Å². The molecule has 3 amide bonds. The van der Waals surface area contributed by atoms with Crippen molar-refractivity contribution in [2.24, 2.45) is 0 Å². The average molecular weight is 572 g/mol. The lowest BCUT2D eigenvalue weighted by molar-refractivity contribution is -0.146. The van der Waals surface area contributed by atoms with Crippen molar-refractivity contribution in [2.75, 3.05) is 24.4 Å². The van der Waals surface area contributed by atoms with Gasteiger partial charge in [0.2, 0.25) is 5.91 Å². The van der Waals surface area contributed by atoms with E-state index in [0.29, 0.717) is 29.2 Å². The molecule has 2 aromatic rings. The van der Waals surface area contributed by atoms with E-state index in [4.69, 9.17) is 9.47 Å². The van der Waals surface area contributed by atoms with E-state index < -0.39 is 29.3 Å². The van der Waals surface area contributed by atoms with Crippen molar-refractivity contribution < 1.29 is 23.9 Å². The minimum Gasteiger partial charge on any atom is -0.497 e. The fraction of sp³-hybridized carbons (Fsp3) is 0.516. The minimum atomic E-state index is -0.960. The van der Waals surface area contributed by atoms with Crippen LogP contribution in [-0.2, 0) is 20.7 Å². The highest BCUT2D eigenvalue weighted by Crippen LogP contribution is 2.32. The molecule has 2 aromatic carbocycles. The molecular weight excluding hydrogens is 526 g/mol. The summed E-state index contributed by atoms with van der Waals surface area (Å²) < 4.78 is 10.7. The maximum Gasteiger partial charge on any atom is 0.408 e. The first-order valence-corrected chi connectivity index (χ1v) is 14.9. The molecular formula is C31H45N3O5S. The molecule has 0 aliphatic carbocycles. The molecule has 0 aliphatic rings. The number of alkyl carbamates (subject to hydrolysis) is 1. The number of hydrogen-bond donors (Lipinski definition) is 2. The highest BCUT2D eigenvalue weighted by molar-refractivity contribution is 7.98. The molecule has 2 rings (SSSR count). The summed E-state index contributed by atoms with van der Waals surface area (Å²) >= 11 is 1.57. The Labute approximate surface area is 243 Å². The Morgan fingerprint density at radius 2 is 1.55 bits per heavy atom. The van der Waals surface area contributed by atoms with Gasteiger partial charge in [-0.15, -0.1) is 0 Å². The van der Waals surface area contributed by atoms with Crippen LogP contribution in [-0.4, -0.2) is 59.1 Å². The molecule has 0 aliphatic heterocycles. The molecule has 8 nitrogen and oxygen atoms in total. The van der Waals surface area contributed by atoms with Crippen molar-refractivity contribution in [2.45, 2.75) is 84.5 Å². The van der Waals surface area contributed by atoms with Crippen molar-refractivity contribution in [1.29, 1.82) is 0 Å². The number of benzene rings is 2. The van der Waals surface area contributed by atoms with Crippen molar-refractivity contribution in [3.05, 3.63) is 59.7 Å². The van der Waals surface area contributed by atoms with Crippen LogP contribution in [0.3, 0.4) is 0 Å². The molecule has 0 saturated carbocycles. The van der Waals surface area contributed by atoms with Gasteiger partial charge < -0.3 is 25.0 Å². The standard InChI is InChI=1S/C31H45N3O5S/c1-10-21-11-13-22(14-12-21)26(27(35)32-23-15-17-24(38-8)18-16-23)34(30(2,3)4)28(36)25(19-20-40-9)33-29(37)39-31(5,6)7/h11-18,25-26H,10,19-20H2,1-9H3,(H,32,35)(H,33,37). The summed E-state index contributed by atoms with van der Waals surface area (Å²) in [6.45, 7) is 13.0. The predicted octanol–water partition coefficient (Wildman–Crippen LogP) is 6.21. The van der Waals surface area contributed by atoms with Crippen LogP contribution >= 0.6 is 11.8 Å². The van der Waals surface area contributed by atoms with Crippen LogP contribution in [0, 0.1) is 0 Å². The van der Waals surface area contributed by atoms with Crippen LogP contribution in [0.1, 0.15) is 72.1 Å². The molecule has 2 N–H and O–H groups in total. The van der Waals surface area contributed by atoms with Gasteiger partial charge >= 0.3 is 6.09 Å². The summed E-state index contributed by atoms with van der Waals surface area (Å²) in [6.07, 6.45) is 2.50. The summed E-state index contributed by atoms with van der Waals surface area (Å²) in [5.41, 5.74) is 0.884. The number of carbonyl (C=O) groups is 3. The number of hydrogen-bond acceptors (Lipinski definition) is 6. The zero-order chi connectivity index (χ0) is 30.1. The summed E-state index contributed by atoms with van der Waals surface area (Å²) in [6, 6.07) is 12.9. The van der Waals surface area contributed by atoms with Gasteiger partial charge in [-0.05, 0) is 102 Å². The second-order valence-electron chi connectivity index (χ2n) is 11.6. The Morgan fingerprint density at radius 3 is 2.02 bits per heavy atom. The van der Waals surface area contributed by atoms with Gasteiger partial charge in [0, 0.05) is 11.2 Å². The smallest absolute Gasteiger partial charge is 0.408 e. The third-order valence-electron chi connectivity index (χ3n) is 6.13. The minimum absolute atomic E-state index is 0.359. The zero-order valence-corrected chi connectivity index (χ0v) is 26.1. The lowest BCUT2D eigenvalue weighted by Gasteiger charge is -2.43. The number of carbonyl (C=O) groups excluding carboxylic acids is 3. The van der Waals surface area contributed by atoms with Gasteiger partial charge in [-0.25, -0.2) is 4.79 Å². The van der Waals surface area contributed by atoms with Gasteiger partial charge in [-0.1, -0.05) is 31.2 Å². The Morgan fingerprint density at radius 1 is 0.950 bits per heavy atom. The number of nitrogens with one attached hydrogen (secondary N) is 2. The lowest BCUT2D eigenvalue weighted by Crippen LogP contribution is -2.58. The molecule has 0 aromatic heterocycles. The fourth-order valence-electron chi connectivity index (χ4n) is 4.19. The first kappa shape index (κ1) is 33.0. The van der Waals surface area contributed by atoms with Crippen LogP contribution in [0.2, 0.25) is 0 Å². The first-order valence-electron chi connectivity index (χ1n) is 13.6. The molecule has 0 fully saturated rings. The first-order chi connectivity index (χ1) is 18.7. The Hall–Kier alpha value is -3.20. The van der Waals surface area contributed by atoms with Crippen LogP contribution in [0.4, 0.5) is 10.5 Å². The molecule has 0 spiro atoms. The normalized spacial score (nSPS) is 13.1. The zero-order valence-electron chi connectivity index (χ0n) is 25.3. The monoisotopic (exact) mass is 571 g/mol. The van der Waals surface area contributed by atoms with E-state index in [-0.39, 0.29) is 11.8 Å². The van der Waals surface area contributed by atoms with Gasteiger partial charge in [0.05, 0.1) is 7.11 Å². The van der Waals surface area contributed by atoms with E-state index in [9.17, 15) is 14.4 Å². The van der Waals surface area contributed by atoms with Crippen LogP contribution in [0.25, 0.3) is 0 Å². The third kappa shape index (κ3) is 9.77. The van der Waals surface area contributed by atoms with Gasteiger partial charge in [0.15, 0.2) is 0 Å². The number of aryl methyl sites for hydroxylation is 1. The lowest BCUT2D eigenvalue weighted by atomic mass is 9.94. The summed E-state index contributed by atoms with van der Waals surface area (Å²) in [7, 11) is 1.58. The second kappa shape index (κ2) is 14.4. The molecule has 2 atom stereocenters. The van der Waals surface area contributed by atoms with E-state index in [1.54, 1.807) is 68.8 Å². The van der Waals surface area contributed by atoms with E-state index in [1.807, 2.05) is 51.3 Å². The molecule has 9 heteroatoms. The summed E-state index contributed by atoms with van der Waals surface area (Å²) in [5.74, 6) is 0.583. The molecule has 0 bridgehead atoms. The van der Waals surface area contributed by atoms with Crippen molar-refractivity contribution >= 4 is 35.4 Å². The SMILES string of the molecule is CCc1ccc(C(C(=O)Nc2ccc(OC)cc2)N(C(=O)C(CCSC)NC(=O)OC(C)(C)C)C(C)(C)C)cc1. The van der Waals surface area contributed by atoms with Crippen LogP contribution in [0.15, 0.2) is 48.5 Å². The Bertz CT molecular complexity index is 1120. The van der Waals surface area contributed by atoms with Gasteiger partial charge in [0.1, 0.15) is 23.4 Å². The highest BCUT2D eigenvalue weighted by atomic mass is 32.2. The van der Waals surface area contributed by atoms with Crippen molar-refractivity contribution in [3.8, 4) is 5.75 Å². The number of ether oxygens (including phenoxy) is 2. The van der Waals surface area contributed by atoms with Gasteiger partial charge in [-0.3, -0.25) is 9.59 Å². The molecule has 220 valence electrons. The van der Waals surface area contributed by atoms with Gasteiger partial charge in [0.25, 0.3) is 5.91 Å².